The molecule has 0 aliphatic heterocycles. The van der Waals surface area contributed by atoms with E-state index in [9.17, 15) is 19.0 Å². The summed E-state index contributed by atoms with van der Waals surface area (Å²) in [6.07, 6.45) is 51.8. The first-order valence-electron chi connectivity index (χ1n) is 23.4. The van der Waals surface area contributed by atoms with Gasteiger partial charge in [-0.15, -0.1) is 0 Å². The molecule has 0 rings (SSSR count). The van der Waals surface area contributed by atoms with Crippen LogP contribution in [0.1, 0.15) is 220 Å². The fraction of sp³-hybridized carbons (Fsp3) is 0.792. The van der Waals surface area contributed by atoms with Gasteiger partial charge in [-0.25, -0.2) is 4.57 Å². The van der Waals surface area contributed by atoms with Crippen molar-refractivity contribution in [2.45, 2.75) is 226 Å². The monoisotopic (exact) mass is 823 g/mol. The maximum Gasteiger partial charge on any atom is 0.472 e. The Morgan fingerprint density at radius 2 is 0.895 bits per heavy atom. The Labute approximate surface area is 350 Å². The van der Waals surface area contributed by atoms with E-state index in [1.807, 2.05) is 0 Å². The summed E-state index contributed by atoms with van der Waals surface area (Å²) in [5.41, 5.74) is 0. The molecule has 0 amide bonds. The minimum atomic E-state index is -4.29. The van der Waals surface area contributed by atoms with Crippen LogP contribution in [0.15, 0.2) is 48.6 Å². The van der Waals surface area contributed by atoms with E-state index in [0.717, 1.165) is 57.8 Å². The lowest BCUT2D eigenvalue weighted by Gasteiger charge is -2.19. The minimum absolute atomic E-state index is 0.00790. The van der Waals surface area contributed by atoms with Crippen molar-refractivity contribution in [3.8, 4) is 0 Å². The lowest BCUT2D eigenvalue weighted by atomic mass is 10.0. The highest BCUT2D eigenvalue weighted by Gasteiger charge is 2.25. The van der Waals surface area contributed by atoms with Crippen LogP contribution >= 0.6 is 7.82 Å². The quantitative estimate of drug-likeness (QED) is 0.0280. The molecule has 0 saturated heterocycles. The number of hydrogen-bond acceptors (Lipinski definition) is 7. The van der Waals surface area contributed by atoms with Crippen LogP contribution in [0.4, 0.5) is 0 Å². The van der Waals surface area contributed by atoms with Crippen LogP contribution < -0.4 is 0 Å². The van der Waals surface area contributed by atoms with Crippen molar-refractivity contribution < 1.29 is 37.6 Å². The highest BCUT2D eigenvalue weighted by Crippen LogP contribution is 2.43. The summed E-state index contributed by atoms with van der Waals surface area (Å²) in [4.78, 5) is 34.8. The van der Waals surface area contributed by atoms with E-state index in [-0.39, 0.29) is 32.0 Å². The normalized spacial score (nSPS) is 13.7. The van der Waals surface area contributed by atoms with E-state index in [1.165, 1.54) is 122 Å². The number of hydrogen-bond donors (Lipinski definition) is 1. The third kappa shape index (κ3) is 43.4. The number of ether oxygens (including phenoxy) is 2. The fourth-order valence-electron chi connectivity index (χ4n) is 6.50. The Morgan fingerprint density at radius 1 is 0.491 bits per heavy atom. The van der Waals surface area contributed by atoms with Crippen molar-refractivity contribution in [1.29, 1.82) is 0 Å². The van der Waals surface area contributed by atoms with Crippen molar-refractivity contribution in [2.75, 3.05) is 19.8 Å². The van der Waals surface area contributed by atoms with Crippen LogP contribution in [-0.2, 0) is 32.7 Å². The van der Waals surface area contributed by atoms with Crippen LogP contribution in [0, 0.1) is 0 Å². The topological polar surface area (TPSA) is 108 Å². The molecule has 1 N–H and O–H groups in total. The second-order valence-corrected chi connectivity index (χ2v) is 16.9. The molecule has 332 valence electrons. The molecular formula is C48H87O8P. The Kier molecular flexibility index (Phi) is 42.1. The molecule has 0 aromatic rings. The van der Waals surface area contributed by atoms with E-state index in [4.69, 9.17) is 18.5 Å². The maximum absolute atomic E-state index is 12.5. The lowest BCUT2D eigenvalue weighted by Crippen LogP contribution is -2.29. The van der Waals surface area contributed by atoms with Gasteiger partial charge in [-0.1, -0.05) is 197 Å². The number of unbranched alkanes of at least 4 members (excludes halogenated alkanes) is 23. The highest BCUT2D eigenvalue weighted by atomic mass is 31.2. The van der Waals surface area contributed by atoms with Crippen LogP contribution in [0.5, 0.6) is 0 Å². The van der Waals surface area contributed by atoms with E-state index < -0.39 is 26.5 Å². The summed E-state index contributed by atoms with van der Waals surface area (Å²) < 4.78 is 32.6. The van der Waals surface area contributed by atoms with E-state index >= 15 is 0 Å². The summed E-state index contributed by atoms with van der Waals surface area (Å²) >= 11 is 0. The van der Waals surface area contributed by atoms with Crippen molar-refractivity contribution >= 4 is 19.8 Å². The maximum atomic E-state index is 12.5. The molecule has 2 atom stereocenters. The van der Waals surface area contributed by atoms with Gasteiger partial charge in [-0.3, -0.25) is 18.6 Å². The Bertz CT molecular complexity index is 1070. The zero-order chi connectivity index (χ0) is 41.8. The first kappa shape index (κ1) is 55.0. The number of allylic oxidation sites excluding steroid dienone is 8. The first-order valence-corrected chi connectivity index (χ1v) is 24.9. The van der Waals surface area contributed by atoms with Gasteiger partial charge in [0.1, 0.15) is 6.61 Å². The summed E-state index contributed by atoms with van der Waals surface area (Å²) in [6.45, 7) is 5.34. The fourth-order valence-corrected chi connectivity index (χ4v) is 7.26. The van der Waals surface area contributed by atoms with Gasteiger partial charge in [0.25, 0.3) is 0 Å². The molecule has 0 fully saturated rings. The number of carbonyl (C=O) groups excluding carboxylic acids is 2. The molecule has 57 heavy (non-hydrogen) atoms. The van der Waals surface area contributed by atoms with Gasteiger partial charge in [-0.05, 0) is 58.3 Å². The van der Waals surface area contributed by atoms with Crippen LogP contribution in [0.2, 0.25) is 0 Å². The smallest absolute Gasteiger partial charge is 0.462 e. The molecule has 2 unspecified atom stereocenters. The summed E-state index contributed by atoms with van der Waals surface area (Å²) in [6, 6.07) is 0. The average molecular weight is 823 g/mol. The summed E-state index contributed by atoms with van der Waals surface area (Å²) in [5.74, 6) is -0.840. The van der Waals surface area contributed by atoms with Crippen molar-refractivity contribution in [1.82, 2.24) is 0 Å². The average Bonchev–Trinajstić information content (AvgIpc) is 3.19. The van der Waals surface area contributed by atoms with Gasteiger partial charge in [-0.2, -0.15) is 0 Å². The SMILES string of the molecule is CC/C=C\C/C=C\C/C=C\C/C=C\CCCCC(=O)OC(COC(=O)CCCCCCCCCCCCCCCCCCCCCCCC)COP(=O)(O)OCC. The molecule has 0 aliphatic rings. The zero-order valence-electron chi connectivity index (χ0n) is 37.0. The van der Waals surface area contributed by atoms with Crippen molar-refractivity contribution in [3.05, 3.63) is 48.6 Å². The first-order chi connectivity index (χ1) is 27.8. The van der Waals surface area contributed by atoms with Gasteiger partial charge in [0.15, 0.2) is 6.10 Å². The molecule has 0 heterocycles. The predicted octanol–water partition coefficient (Wildman–Crippen LogP) is 15.0. The van der Waals surface area contributed by atoms with E-state index in [1.54, 1.807) is 6.92 Å². The van der Waals surface area contributed by atoms with Gasteiger partial charge >= 0.3 is 19.8 Å². The Hall–Kier alpha value is -1.99. The summed E-state index contributed by atoms with van der Waals surface area (Å²) in [5, 5.41) is 0. The number of carbonyl (C=O) groups is 2. The molecule has 8 nitrogen and oxygen atoms in total. The summed E-state index contributed by atoms with van der Waals surface area (Å²) in [7, 11) is -4.29. The third-order valence-corrected chi connectivity index (χ3v) is 11.0. The van der Waals surface area contributed by atoms with E-state index in [2.05, 4.69) is 62.5 Å². The standard InChI is InChI=1S/C48H87O8P/c1-4-7-9-11-13-15-17-19-21-22-23-24-25-26-27-29-30-32-34-36-38-40-42-47(49)53-44-46(45-55-57(51,52)54-6-3)56-48(50)43-41-39-37-35-33-31-28-20-18-16-14-12-10-8-5-2/h8,10,14,16,20,28,33,35,46H,4-7,9,11-13,15,17-19,21-27,29-32,34,36-45H2,1-3H3,(H,51,52)/b10-8-,16-14-,28-20-,35-33-. The number of phosphoric acid groups is 1. The molecule has 0 spiro atoms. The zero-order valence-corrected chi connectivity index (χ0v) is 37.9. The van der Waals surface area contributed by atoms with Crippen molar-refractivity contribution in [3.63, 3.8) is 0 Å². The third-order valence-electron chi connectivity index (χ3n) is 9.90. The molecule has 0 radical (unpaired) electrons. The number of esters is 2. The predicted molar refractivity (Wildman–Crippen MR) is 239 cm³/mol. The second kappa shape index (κ2) is 43.6. The van der Waals surface area contributed by atoms with Gasteiger partial charge in [0.2, 0.25) is 0 Å². The molecule has 0 aromatic carbocycles. The van der Waals surface area contributed by atoms with Crippen LogP contribution in [0.25, 0.3) is 0 Å². The Balaban J connectivity index is 4.02. The van der Waals surface area contributed by atoms with Gasteiger partial charge in [0.05, 0.1) is 13.2 Å². The minimum Gasteiger partial charge on any atom is -0.462 e. The van der Waals surface area contributed by atoms with Gasteiger partial charge < -0.3 is 14.4 Å². The van der Waals surface area contributed by atoms with Gasteiger partial charge in [0, 0.05) is 12.8 Å². The molecule has 0 bridgehead atoms. The molecule has 0 saturated carbocycles. The molecular weight excluding hydrogens is 735 g/mol. The largest absolute Gasteiger partial charge is 0.472 e. The Morgan fingerprint density at radius 3 is 1.35 bits per heavy atom. The lowest BCUT2D eigenvalue weighted by molar-refractivity contribution is -0.161. The van der Waals surface area contributed by atoms with Crippen LogP contribution in [0.3, 0.4) is 0 Å². The highest BCUT2D eigenvalue weighted by molar-refractivity contribution is 7.47. The number of rotatable bonds is 43. The molecule has 0 aliphatic carbocycles. The van der Waals surface area contributed by atoms with E-state index in [0.29, 0.717) is 6.42 Å². The van der Waals surface area contributed by atoms with Crippen molar-refractivity contribution in [2.24, 2.45) is 0 Å². The molecule has 9 heteroatoms. The van der Waals surface area contributed by atoms with Crippen LogP contribution in [-0.4, -0.2) is 42.8 Å². The number of phosphoric ester groups is 1. The molecule has 0 aromatic heterocycles. The second-order valence-electron chi connectivity index (χ2n) is 15.4.